The van der Waals surface area contributed by atoms with Crippen LogP contribution < -0.4 is 0 Å². The summed E-state index contributed by atoms with van der Waals surface area (Å²) in [7, 11) is 0. The number of carbonyl (C=O) groups excluding carboxylic acids is 1. The molecule has 2 unspecified atom stereocenters. The van der Waals surface area contributed by atoms with E-state index in [0.717, 1.165) is 12.0 Å². The van der Waals surface area contributed by atoms with Gasteiger partial charge in [-0.1, -0.05) is 18.2 Å². The minimum absolute atomic E-state index is 0.124. The van der Waals surface area contributed by atoms with E-state index in [2.05, 4.69) is 18.2 Å². The van der Waals surface area contributed by atoms with Gasteiger partial charge in [-0.25, -0.2) is 4.79 Å². The van der Waals surface area contributed by atoms with E-state index in [9.17, 15) is 4.79 Å². The monoisotopic (exact) mass is 178 g/mol. The summed E-state index contributed by atoms with van der Waals surface area (Å²) in [5.41, 5.74) is 0.876. The Hall–Kier alpha value is -1.05. The minimum Gasteiger partial charge on any atom is -0.463 e. The van der Waals surface area contributed by atoms with Gasteiger partial charge in [-0.2, -0.15) is 0 Å². The SMILES string of the molecule is CCOC(=O)C1=CC2C=CC1CC2. The molecule has 3 aliphatic rings. The molecule has 0 saturated heterocycles. The van der Waals surface area contributed by atoms with Crippen molar-refractivity contribution in [2.75, 3.05) is 6.61 Å². The minimum atomic E-state index is -0.124. The third-order valence-electron chi connectivity index (χ3n) is 2.71. The molecule has 0 aromatic rings. The van der Waals surface area contributed by atoms with E-state index in [1.54, 1.807) is 0 Å². The highest BCUT2D eigenvalue weighted by atomic mass is 16.5. The second kappa shape index (κ2) is 3.36. The predicted molar refractivity (Wildman–Crippen MR) is 50.1 cm³/mol. The van der Waals surface area contributed by atoms with Gasteiger partial charge in [0.1, 0.15) is 0 Å². The highest BCUT2D eigenvalue weighted by Crippen LogP contribution is 2.35. The molecule has 2 nitrogen and oxygen atoms in total. The second-order valence-corrected chi connectivity index (χ2v) is 3.58. The number of esters is 1. The van der Waals surface area contributed by atoms with Crippen molar-refractivity contribution in [3.63, 3.8) is 0 Å². The Bertz CT molecular complexity index is 276. The maximum atomic E-state index is 11.5. The Kier molecular flexibility index (Phi) is 2.21. The Morgan fingerprint density at radius 2 is 2.38 bits per heavy atom. The summed E-state index contributed by atoms with van der Waals surface area (Å²) in [6.45, 7) is 2.31. The number of rotatable bonds is 2. The van der Waals surface area contributed by atoms with Crippen LogP contribution in [0.3, 0.4) is 0 Å². The lowest BCUT2D eigenvalue weighted by Gasteiger charge is -2.28. The molecular weight excluding hydrogens is 164 g/mol. The normalized spacial score (nSPS) is 30.1. The van der Waals surface area contributed by atoms with Crippen LogP contribution in [-0.2, 0) is 9.53 Å². The summed E-state index contributed by atoms with van der Waals surface area (Å²) in [5, 5.41) is 0. The molecule has 0 spiro atoms. The van der Waals surface area contributed by atoms with E-state index in [1.807, 2.05) is 6.92 Å². The molecule has 0 saturated carbocycles. The Balaban J connectivity index is 2.13. The van der Waals surface area contributed by atoms with Gasteiger partial charge in [0.15, 0.2) is 0 Å². The fourth-order valence-electron chi connectivity index (χ4n) is 2.03. The summed E-state index contributed by atoms with van der Waals surface area (Å²) in [6.07, 6.45) is 8.68. The van der Waals surface area contributed by atoms with Crippen molar-refractivity contribution in [3.8, 4) is 0 Å². The molecule has 0 heterocycles. The third kappa shape index (κ3) is 1.53. The number of carbonyl (C=O) groups is 1. The fourth-order valence-corrected chi connectivity index (χ4v) is 2.03. The zero-order valence-electron chi connectivity index (χ0n) is 7.82. The smallest absolute Gasteiger partial charge is 0.334 e. The van der Waals surface area contributed by atoms with E-state index in [0.29, 0.717) is 18.4 Å². The molecule has 3 aliphatic carbocycles. The quantitative estimate of drug-likeness (QED) is 0.478. The third-order valence-corrected chi connectivity index (χ3v) is 2.71. The van der Waals surface area contributed by atoms with Gasteiger partial charge in [0.25, 0.3) is 0 Å². The van der Waals surface area contributed by atoms with Crippen LogP contribution in [-0.4, -0.2) is 12.6 Å². The van der Waals surface area contributed by atoms with Gasteiger partial charge in [0.2, 0.25) is 0 Å². The van der Waals surface area contributed by atoms with Crippen molar-refractivity contribution in [1.82, 2.24) is 0 Å². The van der Waals surface area contributed by atoms with Gasteiger partial charge >= 0.3 is 5.97 Å². The van der Waals surface area contributed by atoms with Gasteiger partial charge in [0, 0.05) is 11.5 Å². The molecule has 2 bridgehead atoms. The first-order valence-corrected chi connectivity index (χ1v) is 4.88. The Labute approximate surface area is 78.3 Å². The summed E-state index contributed by atoms with van der Waals surface area (Å²) >= 11 is 0. The zero-order chi connectivity index (χ0) is 9.26. The topological polar surface area (TPSA) is 26.3 Å². The number of hydrogen-bond acceptors (Lipinski definition) is 2. The first-order valence-electron chi connectivity index (χ1n) is 4.88. The number of hydrogen-bond donors (Lipinski definition) is 0. The van der Waals surface area contributed by atoms with Crippen molar-refractivity contribution in [3.05, 3.63) is 23.8 Å². The largest absolute Gasteiger partial charge is 0.463 e. The second-order valence-electron chi connectivity index (χ2n) is 3.58. The lowest BCUT2D eigenvalue weighted by Crippen LogP contribution is -2.23. The highest BCUT2D eigenvalue weighted by Gasteiger charge is 2.29. The molecule has 2 heteroatoms. The Morgan fingerprint density at radius 3 is 2.85 bits per heavy atom. The molecule has 13 heavy (non-hydrogen) atoms. The summed E-state index contributed by atoms with van der Waals surface area (Å²) in [4.78, 5) is 11.5. The van der Waals surface area contributed by atoms with Gasteiger partial charge in [-0.3, -0.25) is 0 Å². The summed E-state index contributed by atoms with van der Waals surface area (Å²) in [5.74, 6) is 0.676. The molecule has 2 atom stereocenters. The van der Waals surface area contributed by atoms with Gasteiger partial charge in [-0.05, 0) is 25.7 Å². The van der Waals surface area contributed by atoms with Crippen LogP contribution in [0, 0.1) is 11.8 Å². The summed E-state index contributed by atoms with van der Waals surface area (Å²) in [6, 6.07) is 0. The van der Waals surface area contributed by atoms with Crippen molar-refractivity contribution < 1.29 is 9.53 Å². The van der Waals surface area contributed by atoms with E-state index < -0.39 is 0 Å². The number of ether oxygens (including phenoxy) is 1. The highest BCUT2D eigenvalue weighted by molar-refractivity contribution is 5.90. The van der Waals surface area contributed by atoms with Crippen LogP contribution >= 0.6 is 0 Å². The van der Waals surface area contributed by atoms with Crippen LogP contribution in [0.25, 0.3) is 0 Å². The fraction of sp³-hybridized carbons (Fsp3) is 0.545. The van der Waals surface area contributed by atoms with E-state index in [4.69, 9.17) is 4.74 Å². The van der Waals surface area contributed by atoms with E-state index in [-0.39, 0.29) is 5.97 Å². The maximum absolute atomic E-state index is 11.5. The van der Waals surface area contributed by atoms with Gasteiger partial charge in [-0.15, -0.1) is 0 Å². The average Bonchev–Trinajstić information content (AvgIpc) is 2.20. The Morgan fingerprint density at radius 1 is 1.54 bits per heavy atom. The standard InChI is InChI=1S/C11H14O2/c1-2-13-11(12)10-7-8-3-5-9(10)6-4-8/h3,5,7-9H,2,4,6H2,1H3. The van der Waals surface area contributed by atoms with Crippen molar-refractivity contribution in [2.45, 2.75) is 19.8 Å². The molecule has 0 radical (unpaired) electrons. The van der Waals surface area contributed by atoms with Crippen LogP contribution in [0.5, 0.6) is 0 Å². The average molecular weight is 178 g/mol. The molecule has 0 aromatic carbocycles. The van der Waals surface area contributed by atoms with Crippen LogP contribution in [0.2, 0.25) is 0 Å². The molecule has 0 aromatic heterocycles. The number of allylic oxidation sites excluding steroid dienone is 3. The predicted octanol–water partition coefficient (Wildman–Crippen LogP) is 2.07. The van der Waals surface area contributed by atoms with Crippen LogP contribution in [0.4, 0.5) is 0 Å². The molecule has 0 amide bonds. The number of fused-ring (bicyclic) bond motifs is 1. The van der Waals surface area contributed by atoms with Crippen molar-refractivity contribution in [2.24, 2.45) is 11.8 Å². The van der Waals surface area contributed by atoms with Crippen molar-refractivity contribution >= 4 is 5.97 Å². The van der Waals surface area contributed by atoms with Gasteiger partial charge in [0.05, 0.1) is 6.61 Å². The van der Waals surface area contributed by atoms with Gasteiger partial charge < -0.3 is 4.74 Å². The zero-order valence-corrected chi connectivity index (χ0v) is 7.82. The van der Waals surface area contributed by atoms with Crippen LogP contribution in [0.15, 0.2) is 23.8 Å². The lowest BCUT2D eigenvalue weighted by atomic mass is 9.77. The molecule has 0 aliphatic heterocycles. The van der Waals surface area contributed by atoms with E-state index >= 15 is 0 Å². The maximum Gasteiger partial charge on any atom is 0.334 e. The first-order chi connectivity index (χ1) is 6.31. The van der Waals surface area contributed by atoms with Crippen molar-refractivity contribution in [1.29, 1.82) is 0 Å². The molecule has 0 N–H and O–H groups in total. The molecule has 70 valence electrons. The molecule has 3 rings (SSSR count). The lowest BCUT2D eigenvalue weighted by molar-refractivity contribution is -0.139. The first kappa shape index (κ1) is 8.54. The van der Waals surface area contributed by atoms with Crippen LogP contribution in [0.1, 0.15) is 19.8 Å². The molecule has 0 fully saturated rings. The van der Waals surface area contributed by atoms with E-state index in [1.165, 1.54) is 6.42 Å². The summed E-state index contributed by atoms with van der Waals surface area (Å²) < 4.78 is 4.99. The molecular formula is C11H14O2.